The fourth-order valence-electron chi connectivity index (χ4n) is 2.00. The second kappa shape index (κ2) is 4.99. The van der Waals surface area contributed by atoms with Crippen LogP contribution < -0.4 is 5.32 Å². The molecule has 1 saturated heterocycles. The van der Waals surface area contributed by atoms with Gasteiger partial charge in [0.25, 0.3) is 0 Å². The van der Waals surface area contributed by atoms with E-state index in [0.717, 1.165) is 10.9 Å². The van der Waals surface area contributed by atoms with Gasteiger partial charge in [-0.1, -0.05) is 13.0 Å². The Balaban J connectivity index is 1.90. The van der Waals surface area contributed by atoms with Crippen LogP contribution in [0.4, 0.5) is 0 Å². The third-order valence-electron chi connectivity index (χ3n) is 2.82. The van der Waals surface area contributed by atoms with E-state index in [-0.39, 0.29) is 0 Å². The van der Waals surface area contributed by atoms with Crippen LogP contribution in [0.3, 0.4) is 0 Å². The second-order valence-corrected chi connectivity index (χ2v) is 5.69. The average Bonchev–Trinajstić information content (AvgIpc) is 2.65. The molecule has 15 heavy (non-hydrogen) atoms. The predicted molar refractivity (Wildman–Crippen MR) is 66.1 cm³/mol. The zero-order valence-corrected chi connectivity index (χ0v) is 10.1. The third-order valence-corrected chi connectivity index (χ3v) is 4.17. The minimum atomic E-state index is 0.363. The smallest absolute Gasteiger partial charge is 0.0570 e. The van der Waals surface area contributed by atoms with Crippen LogP contribution in [0.5, 0.6) is 0 Å². The summed E-state index contributed by atoms with van der Waals surface area (Å²) in [7, 11) is 0. The average molecular weight is 222 g/mol. The standard InChI is InChI=1S/C12H18N2S/c1-9-7-11(8-15-9)14-10(2)12-5-3-4-6-13-12/h3-6,9-11,14H,7-8H2,1-2H3/t9?,10-,11?/m0/s1. The van der Waals surface area contributed by atoms with Gasteiger partial charge in [-0.3, -0.25) is 4.98 Å². The van der Waals surface area contributed by atoms with E-state index >= 15 is 0 Å². The van der Waals surface area contributed by atoms with Crippen molar-refractivity contribution >= 4 is 11.8 Å². The van der Waals surface area contributed by atoms with E-state index in [9.17, 15) is 0 Å². The maximum atomic E-state index is 4.37. The number of nitrogens with zero attached hydrogens (tertiary/aromatic N) is 1. The van der Waals surface area contributed by atoms with Gasteiger partial charge < -0.3 is 5.32 Å². The first-order valence-corrected chi connectivity index (χ1v) is 6.59. The summed E-state index contributed by atoms with van der Waals surface area (Å²) in [4.78, 5) is 4.37. The van der Waals surface area contributed by atoms with E-state index < -0.39 is 0 Å². The Kier molecular flexibility index (Phi) is 3.65. The highest BCUT2D eigenvalue weighted by atomic mass is 32.2. The molecule has 0 spiro atoms. The fourth-order valence-corrected chi connectivity index (χ4v) is 3.17. The summed E-state index contributed by atoms with van der Waals surface area (Å²) < 4.78 is 0. The molecule has 2 unspecified atom stereocenters. The highest BCUT2D eigenvalue weighted by Crippen LogP contribution is 2.27. The lowest BCUT2D eigenvalue weighted by atomic mass is 10.1. The van der Waals surface area contributed by atoms with E-state index in [1.54, 1.807) is 0 Å². The topological polar surface area (TPSA) is 24.9 Å². The lowest BCUT2D eigenvalue weighted by Crippen LogP contribution is -2.32. The molecule has 0 aromatic carbocycles. The molecule has 1 aliphatic heterocycles. The zero-order chi connectivity index (χ0) is 10.7. The minimum absolute atomic E-state index is 0.363. The highest BCUT2D eigenvalue weighted by molar-refractivity contribution is 8.00. The van der Waals surface area contributed by atoms with Gasteiger partial charge in [0.05, 0.1) is 5.69 Å². The monoisotopic (exact) mass is 222 g/mol. The molecule has 1 aromatic heterocycles. The van der Waals surface area contributed by atoms with Crippen molar-refractivity contribution in [3.05, 3.63) is 30.1 Å². The van der Waals surface area contributed by atoms with Gasteiger partial charge in [-0.15, -0.1) is 0 Å². The van der Waals surface area contributed by atoms with E-state index in [4.69, 9.17) is 0 Å². The van der Waals surface area contributed by atoms with Gasteiger partial charge in [-0.05, 0) is 25.5 Å². The molecule has 0 aliphatic carbocycles. The summed E-state index contributed by atoms with van der Waals surface area (Å²) in [5, 5.41) is 4.45. The van der Waals surface area contributed by atoms with Crippen LogP contribution in [0.1, 0.15) is 32.0 Å². The first-order valence-electron chi connectivity index (χ1n) is 5.54. The van der Waals surface area contributed by atoms with Crippen LogP contribution in [0, 0.1) is 0 Å². The Hall–Kier alpha value is -0.540. The van der Waals surface area contributed by atoms with Crippen LogP contribution >= 0.6 is 11.8 Å². The van der Waals surface area contributed by atoms with Gasteiger partial charge in [0.2, 0.25) is 0 Å². The molecular weight excluding hydrogens is 204 g/mol. The van der Waals surface area contributed by atoms with Crippen molar-refractivity contribution in [2.24, 2.45) is 0 Å². The summed E-state index contributed by atoms with van der Waals surface area (Å²) in [5.74, 6) is 1.23. The Bertz CT molecular complexity index is 302. The molecule has 2 nitrogen and oxygen atoms in total. The fraction of sp³-hybridized carbons (Fsp3) is 0.583. The lowest BCUT2D eigenvalue weighted by molar-refractivity contribution is 0.467. The summed E-state index contributed by atoms with van der Waals surface area (Å²) in [6.45, 7) is 4.49. The van der Waals surface area contributed by atoms with Crippen LogP contribution in [0.15, 0.2) is 24.4 Å². The molecule has 0 amide bonds. The van der Waals surface area contributed by atoms with Crippen molar-refractivity contribution in [1.82, 2.24) is 10.3 Å². The number of pyridine rings is 1. The van der Waals surface area contributed by atoms with Crippen molar-refractivity contribution in [1.29, 1.82) is 0 Å². The number of nitrogens with one attached hydrogen (secondary N) is 1. The molecule has 82 valence electrons. The number of hydrogen-bond donors (Lipinski definition) is 1. The van der Waals surface area contributed by atoms with Gasteiger partial charge >= 0.3 is 0 Å². The molecule has 3 atom stereocenters. The quantitative estimate of drug-likeness (QED) is 0.851. The molecular formula is C12H18N2S. The molecule has 2 heterocycles. The first kappa shape index (κ1) is 11.0. The number of thioether (sulfide) groups is 1. The molecule has 1 N–H and O–H groups in total. The zero-order valence-electron chi connectivity index (χ0n) is 9.31. The van der Waals surface area contributed by atoms with E-state index in [1.807, 2.05) is 18.3 Å². The number of rotatable bonds is 3. The molecule has 0 saturated carbocycles. The molecule has 1 fully saturated rings. The van der Waals surface area contributed by atoms with Crippen molar-refractivity contribution in [2.75, 3.05) is 5.75 Å². The molecule has 2 rings (SSSR count). The van der Waals surface area contributed by atoms with Gasteiger partial charge in [0, 0.05) is 29.3 Å². The van der Waals surface area contributed by atoms with Gasteiger partial charge in [0.1, 0.15) is 0 Å². The van der Waals surface area contributed by atoms with E-state index in [0.29, 0.717) is 12.1 Å². The summed E-state index contributed by atoms with van der Waals surface area (Å²) in [6.07, 6.45) is 3.14. The maximum Gasteiger partial charge on any atom is 0.0570 e. The lowest BCUT2D eigenvalue weighted by Gasteiger charge is -2.18. The van der Waals surface area contributed by atoms with Crippen molar-refractivity contribution in [2.45, 2.75) is 37.6 Å². The van der Waals surface area contributed by atoms with Crippen LogP contribution in [-0.4, -0.2) is 22.0 Å². The van der Waals surface area contributed by atoms with Crippen LogP contribution in [0.2, 0.25) is 0 Å². The van der Waals surface area contributed by atoms with Crippen molar-refractivity contribution < 1.29 is 0 Å². The van der Waals surface area contributed by atoms with Gasteiger partial charge in [0.15, 0.2) is 0 Å². The summed E-state index contributed by atoms with van der Waals surface area (Å²) >= 11 is 2.06. The molecule has 0 bridgehead atoms. The number of aromatic nitrogens is 1. The Morgan fingerprint density at radius 1 is 1.53 bits per heavy atom. The normalized spacial score (nSPS) is 27.9. The van der Waals surface area contributed by atoms with Crippen molar-refractivity contribution in [3.63, 3.8) is 0 Å². The number of hydrogen-bond acceptors (Lipinski definition) is 3. The van der Waals surface area contributed by atoms with E-state index in [2.05, 4.69) is 42.0 Å². The summed E-state index contributed by atoms with van der Waals surface area (Å²) in [6, 6.07) is 7.11. The summed E-state index contributed by atoms with van der Waals surface area (Å²) in [5.41, 5.74) is 1.14. The van der Waals surface area contributed by atoms with Crippen LogP contribution in [0.25, 0.3) is 0 Å². The molecule has 3 heteroatoms. The van der Waals surface area contributed by atoms with Crippen molar-refractivity contribution in [3.8, 4) is 0 Å². The predicted octanol–water partition coefficient (Wildman–Crippen LogP) is 2.63. The first-order chi connectivity index (χ1) is 7.25. The second-order valence-electron chi connectivity index (χ2n) is 4.22. The third kappa shape index (κ3) is 2.95. The van der Waals surface area contributed by atoms with Crippen LogP contribution in [-0.2, 0) is 0 Å². The molecule has 1 aromatic rings. The highest BCUT2D eigenvalue weighted by Gasteiger charge is 2.23. The Morgan fingerprint density at radius 2 is 2.40 bits per heavy atom. The van der Waals surface area contributed by atoms with Gasteiger partial charge in [-0.25, -0.2) is 0 Å². The molecule has 0 radical (unpaired) electrons. The Morgan fingerprint density at radius 3 is 3.00 bits per heavy atom. The van der Waals surface area contributed by atoms with Gasteiger partial charge in [-0.2, -0.15) is 11.8 Å². The molecule has 1 aliphatic rings. The van der Waals surface area contributed by atoms with E-state index in [1.165, 1.54) is 12.2 Å². The SMILES string of the molecule is CC1CC(N[C@@H](C)c2ccccn2)CS1. The minimum Gasteiger partial charge on any atom is -0.305 e. The maximum absolute atomic E-state index is 4.37. The Labute approximate surface area is 95.9 Å². The largest absolute Gasteiger partial charge is 0.305 e.